The minimum absolute atomic E-state index is 0.131. The molecule has 0 saturated heterocycles. The summed E-state index contributed by atoms with van der Waals surface area (Å²) in [6.45, 7) is 0. The lowest BCUT2D eigenvalue weighted by Gasteiger charge is -2.04. The highest BCUT2D eigenvalue weighted by Crippen LogP contribution is 2.20. The summed E-state index contributed by atoms with van der Waals surface area (Å²) >= 11 is 0. The lowest BCUT2D eigenvalue weighted by Crippen LogP contribution is -2.00. The number of carboxylic acids is 1. The second-order valence-electron chi connectivity index (χ2n) is 4.04. The first-order chi connectivity index (χ1) is 9.06. The molecule has 0 atom stereocenters. The van der Waals surface area contributed by atoms with E-state index in [-0.39, 0.29) is 11.4 Å². The van der Waals surface area contributed by atoms with Crippen LogP contribution in [0.15, 0.2) is 48.5 Å². The smallest absolute Gasteiger partial charge is 0.336 e. The van der Waals surface area contributed by atoms with E-state index in [9.17, 15) is 14.3 Å². The largest absolute Gasteiger partial charge is 0.478 e. The highest BCUT2D eigenvalue weighted by atomic mass is 19.1. The Morgan fingerprint density at radius 2 is 1.63 bits per heavy atom. The molecule has 4 heteroatoms. The summed E-state index contributed by atoms with van der Waals surface area (Å²) in [6, 6.07) is 12.2. The number of carboxylic acid groups (broad SMARTS) is 1. The van der Waals surface area contributed by atoms with E-state index in [1.54, 1.807) is 24.3 Å². The Morgan fingerprint density at radius 3 is 2.16 bits per heavy atom. The van der Waals surface area contributed by atoms with Crippen LogP contribution in [0.25, 0.3) is 11.6 Å². The Hall–Kier alpha value is -2.62. The van der Waals surface area contributed by atoms with Crippen molar-refractivity contribution >= 4 is 23.3 Å². The van der Waals surface area contributed by atoms with Gasteiger partial charge in [0.25, 0.3) is 0 Å². The van der Waals surface area contributed by atoms with E-state index in [4.69, 9.17) is 5.73 Å². The van der Waals surface area contributed by atoms with E-state index in [2.05, 4.69) is 0 Å². The first-order valence-corrected chi connectivity index (χ1v) is 5.63. The zero-order chi connectivity index (χ0) is 13.8. The van der Waals surface area contributed by atoms with Gasteiger partial charge in [-0.15, -0.1) is 0 Å². The highest BCUT2D eigenvalue weighted by Gasteiger charge is 2.10. The molecular weight excluding hydrogens is 245 g/mol. The van der Waals surface area contributed by atoms with Gasteiger partial charge in [-0.05, 0) is 41.5 Å². The lowest BCUT2D eigenvalue weighted by molar-refractivity contribution is -0.130. The quantitative estimate of drug-likeness (QED) is 0.504. The normalized spacial score (nSPS) is 11.3. The van der Waals surface area contributed by atoms with Gasteiger partial charge in [-0.25, -0.2) is 9.18 Å². The average molecular weight is 257 g/mol. The molecular formula is C15H12FNO2. The van der Waals surface area contributed by atoms with Crippen LogP contribution < -0.4 is 5.73 Å². The molecule has 2 aromatic carbocycles. The maximum absolute atomic E-state index is 12.8. The van der Waals surface area contributed by atoms with E-state index in [0.717, 1.165) is 0 Å². The molecule has 0 amide bonds. The summed E-state index contributed by atoms with van der Waals surface area (Å²) in [4.78, 5) is 11.3. The number of anilines is 1. The zero-order valence-electron chi connectivity index (χ0n) is 10.0. The molecule has 0 spiro atoms. The van der Waals surface area contributed by atoms with Crippen LogP contribution in [0, 0.1) is 5.82 Å². The monoisotopic (exact) mass is 257 g/mol. The lowest BCUT2D eigenvalue weighted by atomic mass is 10.0. The zero-order valence-corrected chi connectivity index (χ0v) is 10.0. The molecule has 3 N–H and O–H groups in total. The van der Waals surface area contributed by atoms with Gasteiger partial charge in [-0.3, -0.25) is 0 Å². The molecule has 2 rings (SSSR count). The number of aliphatic carboxylic acids is 1. The van der Waals surface area contributed by atoms with Gasteiger partial charge in [-0.1, -0.05) is 24.3 Å². The Balaban J connectivity index is 2.43. The molecule has 2 aromatic rings. The molecule has 3 nitrogen and oxygen atoms in total. The molecule has 19 heavy (non-hydrogen) atoms. The number of hydrogen-bond donors (Lipinski definition) is 2. The van der Waals surface area contributed by atoms with Crippen LogP contribution in [0.4, 0.5) is 10.1 Å². The Labute approximate surface area is 109 Å². The van der Waals surface area contributed by atoms with Gasteiger partial charge in [0.2, 0.25) is 0 Å². The minimum atomic E-state index is -1.05. The molecule has 96 valence electrons. The van der Waals surface area contributed by atoms with Gasteiger partial charge in [0, 0.05) is 5.69 Å². The summed E-state index contributed by atoms with van der Waals surface area (Å²) in [5.41, 5.74) is 7.43. The molecule has 0 heterocycles. The Bertz CT molecular complexity index is 616. The second kappa shape index (κ2) is 5.35. The fourth-order valence-electron chi connectivity index (χ4n) is 1.66. The number of rotatable bonds is 3. The summed E-state index contributed by atoms with van der Waals surface area (Å²) in [5, 5.41) is 9.24. The van der Waals surface area contributed by atoms with Crippen molar-refractivity contribution in [3.63, 3.8) is 0 Å². The van der Waals surface area contributed by atoms with E-state index in [0.29, 0.717) is 16.8 Å². The summed E-state index contributed by atoms with van der Waals surface area (Å²) in [5.74, 6) is -1.41. The van der Waals surface area contributed by atoms with E-state index < -0.39 is 5.97 Å². The van der Waals surface area contributed by atoms with Crippen LogP contribution >= 0.6 is 0 Å². The van der Waals surface area contributed by atoms with Gasteiger partial charge in [0.15, 0.2) is 0 Å². The Morgan fingerprint density at radius 1 is 1.05 bits per heavy atom. The average Bonchev–Trinajstić information content (AvgIpc) is 2.39. The first-order valence-electron chi connectivity index (χ1n) is 5.63. The first kappa shape index (κ1) is 12.8. The number of nitrogens with two attached hydrogens (primary N) is 1. The van der Waals surface area contributed by atoms with E-state index in [1.807, 2.05) is 0 Å². The van der Waals surface area contributed by atoms with Crippen LogP contribution in [0.3, 0.4) is 0 Å². The minimum Gasteiger partial charge on any atom is -0.478 e. The molecule has 0 saturated carbocycles. The van der Waals surface area contributed by atoms with Crippen molar-refractivity contribution in [3.05, 3.63) is 65.5 Å². The third-order valence-corrected chi connectivity index (χ3v) is 2.63. The van der Waals surface area contributed by atoms with Crippen LogP contribution in [-0.2, 0) is 4.79 Å². The Kier molecular flexibility index (Phi) is 3.61. The standard InChI is InChI=1S/C15H12FNO2/c16-12-5-1-10(2-6-12)9-14(15(18)19)11-3-7-13(17)8-4-11/h1-9H,17H2,(H,18,19)/b14-9-. The second-order valence-corrected chi connectivity index (χ2v) is 4.04. The van der Waals surface area contributed by atoms with Crippen molar-refractivity contribution in [3.8, 4) is 0 Å². The third kappa shape index (κ3) is 3.19. The maximum atomic E-state index is 12.8. The fourth-order valence-corrected chi connectivity index (χ4v) is 1.66. The van der Waals surface area contributed by atoms with Crippen LogP contribution in [0.1, 0.15) is 11.1 Å². The van der Waals surface area contributed by atoms with E-state index in [1.165, 1.54) is 30.3 Å². The highest BCUT2D eigenvalue weighted by molar-refractivity contribution is 6.20. The number of halogens is 1. The molecule has 0 aromatic heterocycles. The number of benzene rings is 2. The topological polar surface area (TPSA) is 63.3 Å². The summed E-state index contributed by atoms with van der Waals surface area (Å²) in [6.07, 6.45) is 1.49. The van der Waals surface area contributed by atoms with Gasteiger partial charge in [0.1, 0.15) is 5.82 Å². The van der Waals surface area contributed by atoms with Crippen LogP contribution in [0.5, 0.6) is 0 Å². The van der Waals surface area contributed by atoms with Crippen molar-refractivity contribution in [2.75, 3.05) is 5.73 Å². The third-order valence-electron chi connectivity index (χ3n) is 2.63. The molecule has 0 aliphatic carbocycles. The van der Waals surface area contributed by atoms with Crippen LogP contribution in [0.2, 0.25) is 0 Å². The van der Waals surface area contributed by atoms with Crippen molar-refractivity contribution < 1.29 is 14.3 Å². The number of carbonyl (C=O) groups is 1. The van der Waals surface area contributed by atoms with Gasteiger partial charge in [-0.2, -0.15) is 0 Å². The predicted octanol–water partition coefficient (Wildman–Crippen LogP) is 3.03. The van der Waals surface area contributed by atoms with Crippen LogP contribution in [-0.4, -0.2) is 11.1 Å². The van der Waals surface area contributed by atoms with E-state index >= 15 is 0 Å². The van der Waals surface area contributed by atoms with Gasteiger partial charge in [0.05, 0.1) is 5.57 Å². The van der Waals surface area contributed by atoms with Gasteiger partial charge < -0.3 is 10.8 Å². The number of nitrogen functional groups attached to an aromatic ring is 1. The molecule has 0 bridgehead atoms. The SMILES string of the molecule is Nc1ccc(/C(=C/c2ccc(F)cc2)C(=O)O)cc1. The maximum Gasteiger partial charge on any atom is 0.336 e. The molecule has 0 aliphatic rings. The predicted molar refractivity (Wildman–Crippen MR) is 72.8 cm³/mol. The number of hydrogen-bond acceptors (Lipinski definition) is 2. The summed E-state index contributed by atoms with van der Waals surface area (Å²) in [7, 11) is 0. The molecule has 0 unspecified atom stereocenters. The molecule has 0 fully saturated rings. The van der Waals surface area contributed by atoms with Crippen molar-refractivity contribution in [1.29, 1.82) is 0 Å². The summed E-state index contributed by atoms with van der Waals surface area (Å²) < 4.78 is 12.8. The van der Waals surface area contributed by atoms with Crippen molar-refractivity contribution in [1.82, 2.24) is 0 Å². The van der Waals surface area contributed by atoms with Crippen molar-refractivity contribution in [2.45, 2.75) is 0 Å². The fraction of sp³-hybridized carbons (Fsp3) is 0. The molecule has 0 aliphatic heterocycles. The molecule has 0 radical (unpaired) electrons. The van der Waals surface area contributed by atoms with Gasteiger partial charge >= 0.3 is 5.97 Å². The van der Waals surface area contributed by atoms with Crippen molar-refractivity contribution in [2.24, 2.45) is 0 Å².